The van der Waals surface area contributed by atoms with Crippen LogP contribution >= 0.6 is 0 Å². The van der Waals surface area contributed by atoms with Gasteiger partial charge in [-0.2, -0.15) is 0 Å². The van der Waals surface area contributed by atoms with Gasteiger partial charge in [-0.05, 0) is 167 Å². The molecule has 6 heteroatoms. The lowest BCUT2D eigenvalue weighted by molar-refractivity contribution is -0.140. The number of ether oxygens (including phenoxy) is 1. The van der Waals surface area contributed by atoms with Gasteiger partial charge in [0.15, 0.2) is 0 Å². The molecule has 3 aliphatic heterocycles. The van der Waals surface area contributed by atoms with E-state index in [1.165, 1.54) is 0 Å². The fourth-order valence-corrected chi connectivity index (χ4v) is 9.22. The van der Waals surface area contributed by atoms with Crippen molar-refractivity contribution in [2.24, 2.45) is 0 Å². The number of fused-ring (bicyclic) bond motifs is 11. The molecule has 2 unspecified atom stereocenters. The Morgan fingerprint density at radius 3 is 0.778 bits per heavy atom. The first-order chi connectivity index (χ1) is 25.2. The molecule has 6 nitrogen and oxygen atoms in total. The van der Waals surface area contributed by atoms with Gasteiger partial charge in [-0.3, -0.25) is 0 Å². The summed E-state index contributed by atoms with van der Waals surface area (Å²) in [5.74, 6) is 8.21. The highest BCUT2D eigenvalue weighted by Gasteiger charge is 2.68. The van der Waals surface area contributed by atoms with Crippen LogP contribution in [-0.2, 0) is 48.4 Å². The van der Waals surface area contributed by atoms with Crippen molar-refractivity contribution in [3.63, 3.8) is 0 Å². The third kappa shape index (κ3) is 4.26. The van der Waals surface area contributed by atoms with Gasteiger partial charge < -0.3 is 26.8 Å². The fourth-order valence-electron chi connectivity index (χ4n) is 9.22. The molecular formula is C48H52O6. The highest BCUT2D eigenvalue weighted by molar-refractivity contribution is 5.58. The van der Waals surface area contributed by atoms with E-state index in [4.69, 9.17) is 26.8 Å². The largest absolute Gasteiger partial charge is 0.464 e. The van der Waals surface area contributed by atoms with Crippen LogP contribution in [0.25, 0.3) is 0 Å². The zero-order valence-electron chi connectivity index (χ0n) is 33.7. The minimum absolute atomic E-state index is 0.540. The summed E-state index contributed by atoms with van der Waals surface area (Å²) in [6.45, 7) is 26.0. The summed E-state index contributed by atoms with van der Waals surface area (Å²) < 4.78 is 41.5. The maximum absolute atomic E-state index is 7.55. The molecule has 8 heterocycles. The smallest absolute Gasteiger partial charge is 0.125 e. The molecule has 0 fully saturated rings. The molecule has 2 atom stereocenters. The van der Waals surface area contributed by atoms with Crippen molar-refractivity contribution in [2.45, 2.75) is 127 Å². The summed E-state index contributed by atoms with van der Waals surface area (Å²) in [4.78, 5) is 0. The summed E-state index contributed by atoms with van der Waals surface area (Å²) in [6.07, 6.45) is 4.51. The highest BCUT2D eigenvalue weighted by Crippen LogP contribution is 2.66. The van der Waals surface area contributed by atoms with Crippen LogP contribution in [0.15, 0.2) is 119 Å². The van der Waals surface area contributed by atoms with Crippen molar-refractivity contribution in [3.8, 4) is 0 Å². The number of hydrogen-bond acceptors (Lipinski definition) is 6. The van der Waals surface area contributed by atoms with Crippen LogP contribution in [0, 0.1) is 0 Å². The normalized spacial score (nSPS) is 26.3. The molecular weight excluding hydrogens is 673 g/mol. The van der Waals surface area contributed by atoms with E-state index in [1.807, 2.05) is 0 Å². The Kier molecular flexibility index (Phi) is 6.84. The molecule has 6 aromatic rings. The molecule has 1 aromatic carbocycles. The molecule has 5 aromatic heterocycles. The number of rotatable bonds is 0. The van der Waals surface area contributed by atoms with Crippen LogP contribution in [0.1, 0.15) is 152 Å². The first-order valence-corrected chi connectivity index (χ1v) is 19.2. The summed E-state index contributed by atoms with van der Waals surface area (Å²) in [7, 11) is 0. The molecule has 0 N–H and O–H groups in total. The van der Waals surface area contributed by atoms with Crippen LogP contribution in [0.3, 0.4) is 0 Å². The molecule has 9 rings (SSSR count). The van der Waals surface area contributed by atoms with E-state index in [0.29, 0.717) is 0 Å². The minimum atomic E-state index is -0.788. The maximum atomic E-state index is 7.55. The Hall–Kier alpha value is -4.68. The molecule has 0 spiro atoms. The first kappa shape index (κ1) is 35.0. The molecule has 0 radical (unpaired) electrons. The number of furan rings is 5. The summed E-state index contributed by atoms with van der Waals surface area (Å²) in [5, 5.41) is 0. The standard InChI is InChI=1S/C48H52O6/c1-41(2)31-17-18-32(49-31)42(3,4)34-20-22-36(51-34)44(7,8)38-24-26-40(53-38)46(11,12)48-28-27-47(54-48,29-15-13-14-16-30(29)48)45(9,10)39-25-23-37(52-39)43(5,6)35-21-19-33(41)50-35/h13-28H,1-12H3. The van der Waals surface area contributed by atoms with Crippen molar-refractivity contribution in [1.29, 1.82) is 0 Å². The average Bonchev–Trinajstić information content (AvgIpc) is 3.98. The van der Waals surface area contributed by atoms with Gasteiger partial charge in [-0.25, -0.2) is 0 Å². The highest BCUT2D eigenvalue weighted by atomic mass is 16.5. The lowest BCUT2D eigenvalue weighted by atomic mass is 9.63. The topological polar surface area (TPSA) is 74.9 Å². The van der Waals surface area contributed by atoms with Crippen LogP contribution in [0.4, 0.5) is 0 Å². The van der Waals surface area contributed by atoms with Crippen molar-refractivity contribution < 1.29 is 26.8 Å². The Morgan fingerprint density at radius 1 is 0.296 bits per heavy atom. The Labute approximate surface area is 318 Å². The van der Waals surface area contributed by atoms with E-state index in [0.717, 1.165) is 68.7 Å². The number of hydrogen-bond donors (Lipinski definition) is 0. The van der Waals surface area contributed by atoms with E-state index >= 15 is 0 Å². The van der Waals surface area contributed by atoms with Gasteiger partial charge >= 0.3 is 0 Å². The fraction of sp³-hybridized carbons (Fsp3) is 0.417. The van der Waals surface area contributed by atoms with Crippen molar-refractivity contribution in [2.75, 3.05) is 0 Å². The second kappa shape index (κ2) is 10.5. The molecule has 54 heavy (non-hydrogen) atoms. The van der Waals surface area contributed by atoms with Gasteiger partial charge in [-0.15, -0.1) is 0 Å². The second-order valence-electron chi connectivity index (χ2n) is 19.0. The van der Waals surface area contributed by atoms with E-state index in [-0.39, 0.29) is 0 Å². The van der Waals surface area contributed by atoms with Crippen molar-refractivity contribution in [3.05, 3.63) is 166 Å². The average molecular weight is 725 g/mol. The zero-order chi connectivity index (χ0) is 38.5. The number of benzene rings is 1. The molecule has 0 saturated carbocycles. The van der Waals surface area contributed by atoms with Gasteiger partial charge in [0.25, 0.3) is 0 Å². The van der Waals surface area contributed by atoms with Crippen molar-refractivity contribution in [1.82, 2.24) is 0 Å². The lowest BCUT2D eigenvalue weighted by Gasteiger charge is -2.42. The lowest BCUT2D eigenvalue weighted by Crippen LogP contribution is -2.46. The monoisotopic (exact) mass is 724 g/mol. The maximum Gasteiger partial charge on any atom is 0.125 e. The molecule has 0 aliphatic carbocycles. The second-order valence-corrected chi connectivity index (χ2v) is 19.0. The molecule has 280 valence electrons. The van der Waals surface area contributed by atoms with Crippen molar-refractivity contribution >= 4 is 0 Å². The van der Waals surface area contributed by atoms with Crippen LogP contribution < -0.4 is 0 Å². The Morgan fingerprint density at radius 2 is 0.519 bits per heavy atom. The third-order valence-electron chi connectivity index (χ3n) is 13.6. The molecule has 0 amide bonds. The SMILES string of the molecule is CC1(C)c2ccc(o2)C(C)(C)c2ccc(o2)C(C)(C)c2ccc(o2)C(C)(C)C23C=CC(O2)(c2ccccc23)C(C)(C)c2ccc(o2)C(C)(C)c2ccc1o2. The molecule has 0 saturated heterocycles. The summed E-state index contributed by atoms with van der Waals surface area (Å²) in [5.41, 5.74) is -2.67. The van der Waals surface area contributed by atoms with Gasteiger partial charge in [-0.1, -0.05) is 24.3 Å². The third-order valence-corrected chi connectivity index (χ3v) is 13.6. The van der Waals surface area contributed by atoms with E-state index in [2.05, 4.69) is 180 Å². The van der Waals surface area contributed by atoms with E-state index < -0.39 is 43.7 Å². The first-order valence-electron chi connectivity index (χ1n) is 19.2. The zero-order valence-corrected chi connectivity index (χ0v) is 33.7. The Bertz CT molecular complexity index is 2290. The van der Waals surface area contributed by atoms with E-state index in [1.54, 1.807) is 0 Å². The summed E-state index contributed by atoms with van der Waals surface area (Å²) in [6, 6.07) is 29.4. The van der Waals surface area contributed by atoms with Gasteiger partial charge in [0.1, 0.15) is 68.8 Å². The quantitative estimate of drug-likeness (QED) is 0.145. The molecule has 3 aliphatic rings. The minimum Gasteiger partial charge on any atom is -0.464 e. The van der Waals surface area contributed by atoms with Crippen LogP contribution in [-0.4, -0.2) is 0 Å². The van der Waals surface area contributed by atoms with Crippen LogP contribution in [0.5, 0.6) is 0 Å². The van der Waals surface area contributed by atoms with E-state index in [9.17, 15) is 0 Å². The predicted molar refractivity (Wildman–Crippen MR) is 208 cm³/mol. The Balaban J connectivity index is 1.24. The predicted octanol–water partition coefficient (Wildman–Crippen LogP) is 12.2. The van der Waals surface area contributed by atoms with Gasteiger partial charge in [0.05, 0.1) is 32.5 Å². The van der Waals surface area contributed by atoms with Gasteiger partial charge in [0, 0.05) is 0 Å². The van der Waals surface area contributed by atoms with Gasteiger partial charge in [0.2, 0.25) is 0 Å². The summed E-state index contributed by atoms with van der Waals surface area (Å²) >= 11 is 0. The molecule has 12 bridgehead atoms. The van der Waals surface area contributed by atoms with Crippen LogP contribution in [0.2, 0.25) is 0 Å².